The Kier molecular flexibility index (Phi) is 8.16. The van der Waals surface area contributed by atoms with Gasteiger partial charge >= 0.3 is 0 Å². The van der Waals surface area contributed by atoms with Gasteiger partial charge in [-0.15, -0.1) is 0 Å². The van der Waals surface area contributed by atoms with Gasteiger partial charge in [-0.3, -0.25) is 9.40 Å². The van der Waals surface area contributed by atoms with Crippen LogP contribution in [0, 0.1) is 5.41 Å². The molecule has 0 amide bonds. The van der Waals surface area contributed by atoms with Crippen LogP contribution in [0.4, 0.5) is 17.6 Å². The summed E-state index contributed by atoms with van der Waals surface area (Å²) in [6.07, 6.45) is 1.35. The fraction of sp³-hybridized carbons (Fsp3) is 0.542. The van der Waals surface area contributed by atoms with Gasteiger partial charge in [0.05, 0.1) is 17.5 Å². The van der Waals surface area contributed by atoms with Gasteiger partial charge in [-0.25, -0.2) is 17.6 Å². The Bertz CT molecular complexity index is 1060. The van der Waals surface area contributed by atoms with Crippen molar-refractivity contribution in [2.24, 2.45) is 12.5 Å². The van der Waals surface area contributed by atoms with Crippen molar-refractivity contribution >= 4 is 22.9 Å². The summed E-state index contributed by atoms with van der Waals surface area (Å²) < 4.78 is 54.9. The maximum absolute atomic E-state index is 13.5. The number of rotatable bonds is 7. The molecule has 4 nitrogen and oxygen atoms in total. The average Bonchev–Trinajstić information content (AvgIpc) is 3.35. The molecule has 2 heterocycles. The van der Waals surface area contributed by atoms with Gasteiger partial charge in [-0.1, -0.05) is 44.9 Å². The highest BCUT2D eigenvalue weighted by molar-refractivity contribution is 7.98. The van der Waals surface area contributed by atoms with Gasteiger partial charge in [0.2, 0.25) is 6.43 Å². The van der Waals surface area contributed by atoms with Crippen LogP contribution in [-0.4, -0.2) is 26.0 Å². The molecule has 9 heteroatoms. The van der Waals surface area contributed by atoms with Crippen molar-refractivity contribution in [2.75, 3.05) is 0 Å². The predicted octanol–water partition coefficient (Wildman–Crippen LogP) is 7.20. The molecule has 0 saturated heterocycles. The molecule has 0 unspecified atom stereocenters. The maximum Gasteiger partial charge on any atom is 0.267 e. The van der Waals surface area contributed by atoms with E-state index in [-0.39, 0.29) is 11.0 Å². The molecule has 1 aliphatic carbocycles. The lowest BCUT2D eigenvalue weighted by molar-refractivity contribution is 0.152. The first-order valence-corrected chi connectivity index (χ1v) is 11.9. The van der Waals surface area contributed by atoms with Crippen LogP contribution in [0.2, 0.25) is 0 Å². The third kappa shape index (κ3) is 6.99. The third-order valence-corrected chi connectivity index (χ3v) is 6.24. The molecule has 1 fully saturated rings. The van der Waals surface area contributed by atoms with Crippen LogP contribution in [0.25, 0.3) is 22.2 Å². The highest BCUT2D eigenvalue weighted by Gasteiger charge is 2.23. The van der Waals surface area contributed by atoms with Crippen molar-refractivity contribution in [1.29, 1.82) is 0 Å². The number of aryl methyl sites for hydroxylation is 1. The van der Waals surface area contributed by atoms with E-state index in [9.17, 15) is 17.6 Å². The molecule has 0 aliphatic heterocycles. The molecule has 0 atom stereocenters. The number of hydrogen-bond donors (Lipinski definition) is 1. The number of halogens is 4. The number of fused-ring (bicyclic) bond motifs is 1. The minimum absolute atomic E-state index is 0.0245. The molecular formula is C24H32F4N4S. The summed E-state index contributed by atoms with van der Waals surface area (Å²) in [6, 6.07) is 6.02. The molecule has 1 saturated carbocycles. The molecule has 0 bridgehead atoms. The van der Waals surface area contributed by atoms with Crippen LogP contribution < -0.4 is 4.72 Å². The Morgan fingerprint density at radius 3 is 2.42 bits per heavy atom. The van der Waals surface area contributed by atoms with Crippen LogP contribution in [0.3, 0.4) is 0 Å². The first kappa shape index (κ1) is 25.6. The Balaban J connectivity index is 0.000000709. The van der Waals surface area contributed by atoms with Gasteiger partial charge in [-0.2, -0.15) is 5.10 Å². The molecular weight excluding hydrogens is 452 g/mol. The zero-order chi connectivity index (χ0) is 24.3. The van der Waals surface area contributed by atoms with Crippen LogP contribution >= 0.6 is 11.9 Å². The zero-order valence-electron chi connectivity index (χ0n) is 19.7. The largest absolute Gasteiger partial charge is 0.347 e. The quantitative estimate of drug-likeness (QED) is 0.285. The minimum Gasteiger partial charge on any atom is -0.347 e. The molecule has 1 N–H and O–H groups in total. The minimum atomic E-state index is -2.55. The second-order valence-corrected chi connectivity index (χ2v) is 10.8. The van der Waals surface area contributed by atoms with Crippen molar-refractivity contribution in [3.8, 4) is 11.3 Å². The Morgan fingerprint density at radius 1 is 1.18 bits per heavy atom. The molecule has 182 valence electrons. The van der Waals surface area contributed by atoms with E-state index < -0.39 is 12.9 Å². The summed E-state index contributed by atoms with van der Waals surface area (Å²) in [5.41, 5.74) is 3.65. The van der Waals surface area contributed by atoms with Gasteiger partial charge in [0.25, 0.3) is 6.43 Å². The van der Waals surface area contributed by atoms with Gasteiger partial charge in [0.1, 0.15) is 0 Å². The van der Waals surface area contributed by atoms with Gasteiger partial charge in [0, 0.05) is 48.1 Å². The van der Waals surface area contributed by atoms with E-state index in [1.54, 1.807) is 7.05 Å². The topological polar surface area (TPSA) is 34.8 Å². The lowest BCUT2D eigenvalue weighted by atomic mass is 9.97. The van der Waals surface area contributed by atoms with Crippen molar-refractivity contribution in [2.45, 2.75) is 71.7 Å². The van der Waals surface area contributed by atoms with Crippen LogP contribution in [-0.2, 0) is 20.1 Å². The van der Waals surface area contributed by atoms with Crippen LogP contribution in [0.1, 0.15) is 58.1 Å². The average molecular weight is 485 g/mol. The van der Waals surface area contributed by atoms with E-state index in [2.05, 4.69) is 47.4 Å². The van der Waals surface area contributed by atoms with E-state index in [0.717, 1.165) is 36.3 Å². The monoisotopic (exact) mass is 484 g/mol. The summed E-state index contributed by atoms with van der Waals surface area (Å²) >= 11 is 1.82. The molecule has 4 rings (SSSR count). The second-order valence-electron chi connectivity index (χ2n) is 9.60. The molecule has 33 heavy (non-hydrogen) atoms. The van der Waals surface area contributed by atoms with E-state index >= 15 is 0 Å². The standard InChI is InChI=1S/C22H28F2N4S.C2H4F2/c1-22(2,3)13-28-12-15(10-26-29-16-6-7-16)17-8-5-14(9-19(17)28)20-18(21(23)24)11-25-27(20)4;1-2(3)4/h5,8-9,11-12,16,21,26H,6-7,10,13H2,1-4H3;2H,1H3. The summed E-state index contributed by atoms with van der Waals surface area (Å²) in [5.74, 6) is 0. The molecule has 0 spiro atoms. The highest BCUT2D eigenvalue weighted by Crippen LogP contribution is 2.35. The van der Waals surface area contributed by atoms with Crippen molar-refractivity contribution in [3.05, 3.63) is 41.7 Å². The summed E-state index contributed by atoms with van der Waals surface area (Å²) in [6.45, 7) is 9.11. The van der Waals surface area contributed by atoms with Crippen molar-refractivity contribution < 1.29 is 17.6 Å². The highest BCUT2D eigenvalue weighted by atomic mass is 32.2. The lowest BCUT2D eigenvalue weighted by Gasteiger charge is -2.20. The van der Waals surface area contributed by atoms with E-state index in [4.69, 9.17) is 0 Å². The first-order chi connectivity index (χ1) is 15.5. The molecule has 0 radical (unpaired) electrons. The summed E-state index contributed by atoms with van der Waals surface area (Å²) in [4.78, 5) is 0. The SMILES string of the molecule is CC(F)F.Cn1ncc(C(F)F)c1-c1ccc2c(CNSC3CC3)cn(CC(C)(C)C)c2c1. The number of nitrogens with zero attached hydrogens (tertiary/aromatic N) is 3. The Hall–Kier alpha value is -2.00. The molecule has 1 aliphatic rings. The van der Waals surface area contributed by atoms with Gasteiger partial charge in [-0.05, 0) is 36.8 Å². The molecule has 1 aromatic carbocycles. The van der Waals surface area contributed by atoms with Crippen molar-refractivity contribution in [1.82, 2.24) is 19.1 Å². The van der Waals surface area contributed by atoms with E-state index in [1.165, 1.54) is 34.7 Å². The van der Waals surface area contributed by atoms with Crippen LogP contribution in [0.15, 0.2) is 30.6 Å². The number of aromatic nitrogens is 3. The Labute approximate surface area is 196 Å². The normalized spacial score (nSPS) is 14.3. The van der Waals surface area contributed by atoms with Crippen molar-refractivity contribution in [3.63, 3.8) is 0 Å². The number of nitrogens with one attached hydrogen (secondary N) is 1. The van der Waals surface area contributed by atoms with Gasteiger partial charge < -0.3 is 4.57 Å². The number of benzene rings is 1. The Morgan fingerprint density at radius 2 is 1.85 bits per heavy atom. The number of alkyl halides is 4. The second kappa shape index (κ2) is 10.5. The van der Waals surface area contributed by atoms with Crippen LogP contribution in [0.5, 0.6) is 0 Å². The number of hydrogen-bond acceptors (Lipinski definition) is 3. The zero-order valence-corrected chi connectivity index (χ0v) is 20.5. The smallest absolute Gasteiger partial charge is 0.267 e. The fourth-order valence-electron chi connectivity index (χ4n) is 3.69. The summed E-state index contributed by atoms with van der Waals surface area (Å²) in [5, 5.41) is 5.98. The van der Waals surface area contributed by atoms with E-state index in [1.807, 2.05) is 24.1 Å². The molecule has 2 aromatic heterocycles. The summed E-state index contributed by atoms with van der Waals surface area (Å²) in [7, 11) is 1.71. The fourth-order valence-corrected chi connectivity index (χ4v) is 4.54. The maximum atomic E-state index is 13.5. The predicted molar refractivity (Wildman–Crippen MR) is 128 cm³/mol. The lowest BCUT2D eigenvalue weighted by Crippen LogP contribution is -2.14. The third-order valence-electron chi connectivity index (χ3n) is 5.12. The molecule has 3 aromatic rings. The first-order valence-electron chi connectivity index (χ1n) is 11.0. The van der Waals surface area contributed by atoms with E-state index in [0.29, 0.717) is 5.69 Å². The van der Waals surface area contributed by atoms with Gasteiger partial charge in [0.15, 0.2) is 0 Å².